The van der Waals surface area contributed by atoms with Crippen LogP contribution >= 0.6 is 0 Å². The van der Waals surface area contributed by atoms with Crippen LogP contribution in [0.25, 0.3) is 0 Å². The SMILES string of the molecule is COc1cc(CNC(=O)C(C)C(N)c2ccccc2)ccc1OCCN(C)C. The smallest absolute Gasteiger partial charge is 0.225 e. The summed E-state index contributed by atoms with van der Waals surface area (Å²) in [5.74, 6) is 0.929. The maximum absolute atomic E-state index is 12.5. The van der Waals surface area contributed by atoms with E-state index in [1.807, 2.05) is 69.6 Å². The number of amides is 1. The molecule has 2 atom stereocenters. The normalized spacial score (nSPS) is 13.1. The number of likely N-dealkylation sites (N-methyl/N-ethyl adjacent to an activating group) is 1. The fourth-order valence-corrected chi connectivity index (χ4v) is 2.76. The molecule has 0 spiro atoms. The predicted molar refractivity (Wildman–Crippen MR) is 111 cm³/mol. The van der Waals surface area contributed by atoms with Gasteiger partial charge in [0.15, 0.2) is 11.5 Å². The second-order valence-electron chi connectivity index (χ2n) is 7.08. The lowest BCUT2D eigenvalue weighted by molar-refractivity contribution is -0.125. The number of carbonyl (C=O) groups excluding carboxylic acids is 1. The van der Waals surface area contributed by atoms with E-state index >= 15 is 0 Å². The van der Waals surface area contributed by atoms with Crippen LogP contribution in [0.2, 0.25) is 0 Å². The van der Waals surface area contributed by atoms with Crippen LogP contribution in [0.1, 0.15) is 24.1 Å². The summed E-state index contributed by atoms with van der Waals surface area (Å²) >= 11 is 0. The highest BCUT2D eigenvalue weighted by atomic mass is 16.5. The molecule has 0 aromatic heterocycles. The van der Waals surface area contributed by atoms with Gasteiger partial charge in [-0.2, -0.15) is 0 Å². The van der Waals surface area contributed by atoms with Gasteiger partial charge in [-0.25, -0.2) is 0 Å². The van der Waals surface area contributed by atoms with E-state index in [2.05, 4.69) is 10.2 Å². The summed E-state index contributed by atoms with van der Waals surface area (Å²) in [6.45, 7) is 3.64. The highest BCUT2D eigenvalue weighted by Gasteiger charge is 2.21. The summed E-state index contributed by atoms with van der Waals surface area (Å²) in [6, 6.07) is 15.0. The molecule has 3 N–H and O–H groups in total. The summed E-state index contributed by atoms with van der Waals surface area (Å²) < 4.78 is 11.2. The van der Waals surface area contributed by atoms with Crippen LogP contribution in [0.3, 0.4) is 0 Å². The van der Waals surface area contributed by atoms with Crippen LogP contribution in [-0.4, -0.2) is 45.2 Å². The molecule has 0 aliphatic carbocycles. The van der Waals surface area contributed by atoms with E-state index in [0.717, 1.165) is 17.7 Å². The van der Waals surface area contributed by atoms with Crippen molar-refractivity contribution in [3.05, 3.63) is 59.7 Å². The van der Waals surface area contributed by atoms with Gasteiger partial charge in [-0.1, -0.05) is 43.3 Å². The van der Waals surface area contributed by atoms with Crippen molar-refractivity contribution < 1.29 is 14.3 Å². The van der Waals surface area contributed by atoms with Crippen molar-refractivity contribution in [2.24, 2.45) is 11.7 Å². The van der Waals surface area contributed by atoms with E-state index in [1.165, 1.54) is 0 Å². The molecule has 6 nitrogen and oxygen atoms in total. The van der Waals surface area contributed by atoms with Crippen molar-refractivity contribution in [3.63, 3.8) is 0 Å². The van der Waals surface area contributed by atoms with Gasteiger partial charge in [-0.05, 0) is 37.4 Å². The third-order valence-electron chi connectivity index (χ3n) is 4.63. The molecule has 2 unspecified atom stereocenters. The van der Waals surface area contributed by atoms with Crippen molar-refractivity contribution in [1.29, 1.82) is 0 Å². The quantitative estimate of drug-likeness (QED) is 0.657. The summed E-state index contributed by atoms with van der Waals surface area (Å²) in [5, 5.41) is 2.96. The number of nitrogens with zero attached hydrogens (tertiary/aromatic N) is 1. The minimum atomic E-state index is -0.344. The van der Waals surface area contributed by atoms with Crippen LogP contribution in [0, 0.1) is 5.92 Å². The summed E-state index contributed by atoms with van der Waals surface area (Å²) in [5.41, 5.74) is 8.13. The number of methoxy groups -OCH3 is 1. The molecule has 2 rings (SSSR count). The zero-order chi connectivity index (χ0) is 20.5. The number of nitrogens with two attached hydrogens (primary N) is 1. The Balaban J connectivity index is 1.93. The summed E-state index contributed by atoms with van der Waals surface area (Å²) in [4.78, 5) is 14.6. The largest absolute Gasteiger partial charge is 0.493 e. The predicted octanol–water partition coefficient (Wildman–Crippen LogP) is 2.59. The monoisotopic (exact) mass is 385 g/mol. The number of benzene rings is 2. The lowest BCUT2D eigenvalue weighted by atomic mass is 9.94. The molecule has 0 aliphatic rings. The number of carbonyl (C=O) groups is 1. The number of rotatable bonds is 10. The maximum Gasteiger partial charge on any atom is 0.225 e. The third-order valence-corrected chi connectivity index (χ3v) is 4.63. The van der Waals surface area contributed by atoms with Crippen molar-refractivity contribution in [2.45, 2.75) is 19.5 Å². The first-order valence-corrected chi connectivity index (χ1v) is 9.45. The second-order valence-corrected chi connectivity index (χ2v) is 7.08. The van der Waals surface area contributed by atoms with E-state index in [9.17, 15) is 4.79 Å². The molecule has 2 aromatic rings. The van der Waals surface area contributed by atoms with Gasteiger partial charge in [-0.3, -0.25) is 4.79 Å². The third kappa shape index (κ3) is 6.25. The van der Waals surface area contributed by atoms with Crippen molar-refractivity contribution in [2.75, 3.05) is 34.4 Å². The van der Waals surface area contributed by atoms with Crippen LogP contribution in [-0.2, 0) is 11.3 Å². The first kappa shape index (κ1) is 21.7. The fourth-order valence-electron chi connectivity index (χ4n) is 2.76. The molecule has 1 amide bonds. The number of hydrogen-bond donors (Lipinski definition) is 2. The Labute approximate surface area is 167 Å². The van der Waals surface area contributed by atoms with Gasteiger partial charge < -0.3 is 25.4 Å². The Morgan fingerprint density at radius 1 is 1.14 bits per heavy atom. The zero-order valence-corrected chi connectivity index (χ0v) is 17.1. The first-order valence-electron chi connectivity index (χ1n) is 9.45. The summed E-state index contributed by atoms with van der Waals surface area (Å²) in [6.07, 6.45) is 0. The average Bonchev–Trinajstić information content (AvgIpc) is 2.71. The van der Waals surface area contributed by atoms with Gasteiger partial charge in [0.1, 0.15) is 6.61 Å². The van der Waals surface area contributed by atoms with Crippen molar-refractivity contribution >= 4 is 5.91 Å². The van der Waals surface area contributed by atoms with Gasteiger partial charge in [0.05, 0.1) is 13.0 Å². The molecule has 0 saturated heterocycles. The van der Waals surface area contributed by atoms with E-state index in [-0.39, 0.29) is 17.9 Å². The van der Waals surface area contributed by atoms with Gasteiger partial charge >= 0.3 is 0 Å². The van der Waals surface area contributed by atoms with Crippen molar-refractivity contribution in [1.82, 2.24) is 10.2 Å². The highest BCUT2D eigenvalue weighted by Crippen LogP contribution is 2.28. The molecule has 6 heteroatoms. The van der Waals surface area contributed by atoms with Crippen molar-refractivity contribution in [3.8, 4) is 11.5 Å². The first-order chi connectivity index (χ1) is 13.4. The van der Waals surface area contributed by atoms with Gasteiger partial charge in [0.2, 0.25) is 5.91 Å². The lowest BCUT2D eigenvalue weighted by Crippen LogP contribution is -2.35. The molecular formula is C22H31N3O3. The Bertz CT molecular complexity index is 750. The van der Waals surface area contributed by atoms with E-state index in [4.69, 9.17) is 15.2 Å². The van der Waals surface area contributed by atoms with Crippen LogP contribution < -0.4 is 20.5 Å². The van der Waals surface area contributed by atoms with Gasteiger partial charge in [0.25, 0.3) is 0 Å². The lowest BCUT2D eigenvalue weighted by Gasteiger charge is -2.20. The topological polar surface area (TPSA) is 76.8 Å². The second kappa shape index (κ2) is 10.7. The molecule has 0 aliphatic heterocycles. The van der Waals surface area contributed by atoms with E-state index in [0.29, 0.717) is 24.7 Å². The van der Waals surface area contributed by atoms with E-state index in [1.54, 1.807) is 7.11 Å². The van der Waals surface area contributed by atoms with Crippen LogP contribution in [0.5, 0.6) is 11.5 Å². The van der Waals surface area contributed by atoms with E-state index < -0.39 is 0 Å². The van der Waals surface area contributed by atoms with Crippen LogP contribution in [0.15, 0.2) is 48.5 Å². The molecule has 0 bridgehead atoms. The molecule has 0 heterocycles. The standard InChI is InChI=1S/C22H31N3O3/c1-16(21(23)18-8-6-5-7-9-18)22(26)24-15-17-10-11-19(20(14-17)27-4)28-13-12-25(2)3/h5-11,14,16,21H,12-13,15,23H2,1-4H3,(H,24,26). The maximum atomic E-state index is 12.5. The highest BCUT2D eigenvalue weighted by molar-refractivity contribution is 5.79. The fraction of sp³-hybridized carbons (Fsp3) is 0.409. The molecule has 2 aromatic carbocycles. The Morgan fingerprint density at radius 2 is 1.86 bits per heavy atom. The minimum Gasteiger partial charge on any atom is -0.493 e. The molecule has 28 heavy (non-hydrogen) atoms. The summed E-state index contributed by atoms with van der Waals surface area (Å²) in [7, 11) is 5.60. The number of hydrogen-bond acceptors (Lipinski definition) is 5. The Hall–Kier alpha value is -2.57. The molecule has 152 valence electrons. The molecular weight excluding hydrogens is 354 g/mol. The Morgan fingerprint density at radius 3 is 2.50 bits per heavy atom. The Kier molecular flexibility index (Phi) is 8.29. The zero-order valence-electron chi connectivity index (χ0n) is 17.1. The average molecular weight is 386 g/mol. The van der Waals surface area contributed by atoms with Gasteiger partial charge in [0, 0.05) is 19.1 Å². The van der Waals surface area contributed by atoms with Crippen LogP contribution in [0.4, 0.5) is 0 Å². The number of nitrogens with one attached hydrogen (secondary N) is 1. The number of ether oxygens (including phenoxy) is 2. The minimum absolute atomic E-state index is 0.0818. The molecule has 0 fully saturated rings. The molecule has 0 saturated carbocycles. The van der Waals surface area contributed by atoms with Gasteiger partial charge in [-0.15, -0.1) is 0 Å². The molecule has 0 radical (unpaired) electrons.